The molecule has 1 heterocycles. The fourth-order valence-electron chi connectivity index (χ4n) is 2.78. The van der Waals surface area contributed by atoms with Crippen LogP contribution in [-0.2, 0) is 6.42 Å². The molecule has 1 fully saturated rings. The molecule has 0 spiro atoms. The van der Waals surface area contributed by atoms with Gasteiger partial charge in [0.1, 0.15) is 11.6 Å². The Bertz CT molecular complexity index is 603. The lowest BCUT2D eigenvalue weighted by molar-refractivity contribution is -0.143. The molecule has 0 saturated carbocycles. The Hall–Kier alpha value is -1.90. The molecular weight excluding hydrogens is 343 g/mol. The Morgan fingerprint density at radius 2 is 2.08 bits per heavy atom. The minimum Gasteiger partial charge on any atom is -0.356 e. The SMILES string of the molecule is CN=C(NCCc1ccc(F)cc1F)NC1CCN(CC(F)(F)F)C1. The molecule has 1 aliphatic heterocycles. The van der Waals surface area contributed by atoms with Gasteiger partial charge in [-0.3, -0.25) is 9.89 Å². The van der Waals surface area contributed by atoms with Gasteiger partial charge in [-0.25, -0.2) is 8.78 Å². The predicted molar refractivity (Wildman–Crippen MR) is 85.5 cm³/mol. The lowest BCUT2D eigenvalue weighted by atomic mass is 10.1. The van der Waals surface area contributed by atoms with Crippen molar-refractivity contribution in [3.63, 3.8) is 0 Å². The number of alkyl halides is 3. The maximum Gasteiger partial charge on any atom is 0.401 e. The number of hydrogen-bond acceptors (Lipinski definition) is 2. The molecule has 140 valence electrons. The molecule has 0 aromatic heterocycles. The molecule has 1 atom stereocenters. The van der Waals surface area contributed by atoms with Gasteiger partial charge in [0.05, 0.1) is 6.54 Å². The lowest BCUT2D eigenvalue weighted by Crippen LogP contribution is -2.45. The topological polar surface area (TPSA) is 39.7 Å². The van der Waals surface area contributed by atoms with Crippen molar-refractivity contribution in [2.75, 3.05) is 33.2 Å². The molecule has 0 aliphatic carbocycles. The monoisotopic (exact) mass is 364 g/mol. The standard InChI is InChI=1S/C16H21F5N4/c1-22-15(23-6-4-11-2-3-12(17)8-14(11)18)24-13-5-7-25(9-13)10-16(19,20)21/h2-3,8,13H,4-7,9-10H2,1H3,(H2,22,23,24). The molecule has 2 rings (SSSR count). The predicted octanol–water partition coefficient (Wildman–Crippen LogP) is 2.31. The summed E-state index contributed by atoms with van der Waals surface area (Å²) in [6.07, 6.45) is -3.28. The highest BCUT2D eigenvalue weighted by Gasteiger charge is 2.34. The number of rotatable bonds is 5. The number of benzene rings is 1. The Kier molecular flexibility index (Phi) is 6.57. The van der Waals surface area contributed by atoms with Crippen LogP contribution in [0.15, 0.2) is 23.2 Å². The highest BCUT2D eigenvalue weighted by molar-refractivity contribution is 5.80. The number of halogens is 5. The van der Waals surface area contributed by atoms with Crippen LogP contribution in [0.3, 0.4) is 0 Å². The van der Waals surface area contributed by atoms with Gasteiger partial charge in [0.15, 0.2) is 5.96 Å². The van der Waals surface area contributed by atoms with Crippen molar-refractivity contribution in [2.45, 2.75) is 25.1 Å². The van der Waals surface area contributed by atoms with E-state index in [0.29, 0.717) is 37.5 Å². The van der Waals surface area contributed by atoms with E-state index < -0.39 is 24.4 Å². The molecule has 1 unspecified atom stereocenters. The number of aliphatic imine (C=N–C) groups is 1. The van der Waals surface area contributed by atoms with Crippen LogP contribution >= 0.6 is 0 Å². The van der Waals surface area contributed by atoms with Crippen LogP contribution in [0, 0.1) is 11.6 Å². The van der Waals surface area contributed by atoms with Crippen molar-refractivity contribution in [1.82, 2.24) is 15.5 Å². The van der Waals surface area contributed by atoms with Gasteiger partial charge < -0.3 is 10.6 Å². The molecule has 1 aromatic rings. The third kappa shape index (κ3) is 6.49. The van der Waals surface area contributed by atoms with E-state index in [2.05, 4.69) is 15.6 Å². The van der Waals surface area contributed by atoms with E-state index in [1.807, 2.05) is 0 Å². The van der Waals surface area contributed by atoms with Gasteiger partial charge in [-0.05, 0) is 24.5 Å². The molecule has 2 N–H and O–H groups in total. The van der Waals surface area contributed by atoms with Crippen LogP contribution in [0.4, 0.5) is 22.0 Å². The van der Waals surface area contributed by atoms with Crippen molar-refractivity contribution >= 4 is 5.96 Å². The van der Waals surface area contributed by atoms with E-state index in [0.717, 1.165) is 6.07 Å². The summed E-state index contributed by atoms with van der Waals surface area (Å²) in [4.78, 5) is 5.36. The quantitative estimate of drug-likeness (QED) is 0.479. The summed E-state index contributed by atoms with van der Waals surface area (Å²) < 4.78 is 63.6. The number of hydrogen-bond donors (Lipinski definition) is 2. The van der Waals surface area contributed by atoms with Gasteiger partial charge in [-0.2, -0.15) is 13.2 Å². The Morgan fingerprint density at radius 1 is 1.32 bits per heavy atom. The number of nitrogens with one attached hydrogen (secondary N) is 2. The molecule has 1 aliphatic rings. The van der Waals surface area contributed by atoms with Gasteiger partial charge >= 0.3 is 6.18 Å². The molecule has 0 bridgehead atoms. The normalized spacial score (nSPS) is 19.3. The summed E-state index contributed by atoms with van der Waals surface area (Å²) in [7, 11) is 1.55. The van der Waals surface area contributed by atoms with Gasteiger partial charge in [0.25, 0.3) is 0 Å². The maximum atomic E-state index is 13.6. The molecule has 4 nitrogen and oxygen atoms in total. The zero-order chi connectivity index (χ0) is 18.4. The second kappa shape index (κ2) is 8.46. The highest BCUT2D eigenvalue weighted by atomic mass is 19.4. The Morgan fingerprint density at radius 3 is 2.72 bits per heavy atom. The zero-order valence-electron chi connectivity index (χ0n) is 13.8. The van der Waals surface area contributed by atoms with Gasteiger partial charge in [-0.1, -0.05) is 6.07 Å². The average Bonchev–Trinajstić information content (AvgIpc) is 2.93. The van der Waals surface area contributed by atoms with Crippen LogP contribution in [0.5, 0.6) is 0 Å². The van der Waals surface area contributed by atoms with Crippen molar-refractivity contribution in [1.29, 1.82) is 0 Å². The Labute approximate surface area is 143 Å². The summed E-state index contributed by atoms with van der Waals surface area (Å²) >= 11 is 0. The van der Waals surface area contributed by atoms with E-state index in [1.165, 1.54) is 17.0 Å². The van der Waals surface area contributed by atoms with Crippen LogP contribution in [-0.4, -0.2) is 56.3 Å². The van der Waals surface area contributed by atoms with Gasteiger partial charge in [-0.15, -0.1) is 0 Å². The van der Waals surface area contributed by atoms with Crippen molar-refractivity contribution in [3.05, 3.63) is 35.4 Å². The summed E-state index contributed by atoms with van der Waals surface area (Å²) in [5.74, 6) is -0.791. The summed E-state index contributed by atoms with van der Waals surface area (Å²) in [6.45, 7) is 0.101. The van der Waals surface area contributed by atoms with Crippen LogP contribution in [0.1, 0.15) is 12.0 Å². The molecule has 9 heteroatoms. The molecule has 1 aromatic carbocycles. The number of likely N-dealkylation sites (tertiary alicyclic amines) is 1. The van der Waals surface area contributed by atoms with Crippen LogP contribution < -0.4 is 10.6 Å². The minimum absolute atomic E-state index is 0.129. The molecular formula is C16H21F5N4. The third-order valence-electron chi connectivity index (χ3n) is 3.94. The smallest absolute Gasteiger partial charge is 0.356 e. The van der Waals surface area contributed by atoms with E-state index in [4.69, 9.17) is 0 Å². The summed E-state index contributed by atoms with van der Waals surface area (Å²) in [6, 6.07) is 3.28. The van der Waals surface area contributed by atoms with Crippen molar-refractivity contribution < 1.29 is 22.0 Å². The van der Waals surface area contributed by atoms with E-state index in [-0.39, 0.29) is 12.6 Å². The number of nitrogens with zero attached hydrogens (tertiary/aromatic N) is 2. The zero-order valence-corrected chi connectivity index (χ0v) is 13.8. The second-order valence-corrected chi connectivity index (χ2v) is 5.96. The fraction of sp³-hybridized carbons (Fsp3) is 0.562. The molecule has 0 radical (unpaired) electrons. The lowest BCUT2D eigenvalue weighted by Gasteiger charge is -2.19. The van der Waals surface area contributed by atoms with Crippen molar-refractivity contribution in [2.24, 2.45) is 4.99 Å². The minimum atomic E-state index is -4.20. The first-order valence-corrected chi connectivity index (χ1v) is 7.97. The van der Waals surface area contributed by atoms with E-state index in [1.54, 1.807) is 7.05 Å². The van der Waals surface area contributed by atoms with Crippen molar-refractivity contribution in [3.8, 4) is 0 Å². The molecule has 25 heavy (non-hydrogen) atoms. The number of guanidine groups is 1. The van der Waals surface area contributed by atoms with Crippen LogP contribution in [0.2, 0.25) is 0 Å². The second-order valence-electron chi connectivity index (χ2n) is 5.96. The largest absolute Gasteiger partial charge is 0.401 e. The summed E-state index contributed by atoms with van der Waals surface area (Å²) in [5.41, 5.74) is 0.376. The fourth-order valence-corrected chi connectivity index (χ4v) is 2.78. The molecule has 0 amide bonds. The Balaban J connectivity index is 1.76. The first-order valence-electron chi connectivity index (χ1n) is 7.97. The third-order valence-corrected chi connectivity index (χ3v) is 3.94. The molecule has 1 saturated heterocycles. The summed E-state index contributed by atoms with van der Waals surface area (Å²) in [5, 5.41) is 6.05. The highest BCUT2D eigenvalue weighted by Crippen LogP contribution is 2.19. The van der Waals surface area contributed by atoms with E-state index in [9.17, 15) is 22.0 Å². The van der Waals surface area contributed by atoms with Gasteiger partial charge in [0.2, 0.25) is 0 Å². The maximum absolute atomic E-state index is 13.6. The van der Waals surface area contributed by atoms with Gasteiger partial charge in [0, 0.05) is 38.8 Å². The first-order chi connectivity index (χ1) is 11.8. The van der Waals surface area contributed by atoms with E-state index >= 15 is 0 Å². The average molecular weight is 364 g/mol. The first kappa shape index (κ1) is 19.4. The van der Waals surface area contributed by atoms with Crippen LogP contribution in [0.25, 0.3) is 0 Å².